The Morgan fingerprint density at radius 3 is 2.27 bits per heavy atom. The van der Waals surface area contributed by atoms with Crippen molar-refractivity contribution in [2.24, 2.45) is 0 Å². The van der Waals surface area contributed by atoms with Crippen molar-refractivity contribution >= 4 is 29.3 Å². The van der Waals surface area contributed by atoms with Crippen LogP contribution in [0.5, 0.6) is 17.2 Å². The summed E-state index contributed by atoms with van der Waals surface area (Å²) in [5.41, 5.74) is 1.61. The maximum atomic E-state index is 15.0. The molecule has 0 saturated heterocycles. The Bertz CT molecular complexity index is 1470. The molecule has 37 heavy (non-hydrogen) atoms. The molecule has 5 rings (SSSR count). The molecule has 9 heteroatoms. The van der Waals surface area contributed by atoms with E-state index in [4.69, 9.17) is 37.4 Å². The van der Waals surface area contributed by atoms with Crippen LogP contribution in [0, 0.1) is 11.6 Å². The zero-order chi connectivity index (χ0) is 26.2. The molecule has 1 heterocycles. The predicted molar refractivity (Wildman–Crippen MR) is 135 cm³/mol. The maximum Gasteiger partial charge on any atom is 0.413 e. The van der Waals surface area contributed by atoms with Gasteiger partial charge in [-0.1, -0.05) is 53.5 Å². The van der Waals surface area contributed by atoms with Crippen LogP contribution in [0.15, 0.2) is 84.9 Å². The van der Waals surface area contributed by atoms with E-state index in [1.807, 2.05) is 30.3 Å². The Hall–Kier alpha value is -3.81. The molecule has 0 aromatic heterocycles. The standard InChI is InChI=1S/C28H19Cl2F2NO4/c1-16(17-5-3-2-4-6-17)33-27(34)35-24-15-26-25(14-23(24)32)36-28(37-26,18-7-10-20(31)11-8-18)21-12-9-19(29)13-22(21)30/h2-16H,1H3,(H,33,34)/t16-,28?/m1/s1. The molecule has 0 saturated carbocycles. The molecule has 2 atom stereocenters. The van der Waals surface area contributed by atoms with Gasteiger partial charge in [0.1, 0.15) is 5.82 Å². The van der Waals surface area contributed by atoms with E-state index in [9.17, 15) is 13.6 Å². The zero-order valence-corrected chi connectivity index (χ0v) is 20.8. The van der Waals surface area contributed by atoms with Gasteiger partial charge in [-0.3, -0.25) is 0 Å². The lowest BCUT2D eigenvalue weighted by molar-refractivity contribution is -0.0459. The molecular formula is C28H19Cl2F2NO4. The van der Waals surface area contributed by atoms with Gasteiger partial charge in [0, 0.05) is 22.7 Å². The first-order valence-electron chi connectivity index (χ1n) is 11.2. The van der Waals surface area contributed by atoms with Gasteiger partial charge in [0.25, 0.3) is 0 Å². The van der Waals surface area contributed by atoms with Crippen LogP contribution in [0.1, 0.15) is 29.7 Å². The Morgan fingerprint density at radius 2 is 1.59 bits per heavy atom. The number of carbonyl (C=O) groups excluding carboxylic acids is 1. The first-order valence-corrected chi connectivity index (χ1v) is 12.0. The first-order chi connectivity index (χ1) is 17.7. The molecule has 1 N–H and O–H groups in total. The van der Waals surface area contributed by atoms with Crippen LogP contribution in [-0.4, -0.2) is 6.09 Å². The number of carbonyl (C=O) groups is 1. The Labute approximate surface area is 221 Å². The number of benzene rings is 4. The van der Waals surface area contributed by atoms with E-state index in [1.54, 1.807) is 19.1 Å². The van der Waals surface area contributed by atoms with Gasteiger partial charge >= 0.3 is 11.9 Å². The van der Waals surface area contributed by atoms with Crippen molar-refractivity contribution in [3.8, 4) is 17.2 Å². The summed E-state index contributed by atoms with van der Waals surface area (Å²) < 4.78 is 46.2. The quantitative estimate of drug-likeness (QED) is 0.280. The second-order valence-corrected chi connectivity index (χ2v) is 9.19. The average Bonchev–Trinajstić information content (AvgIpc) is 3.24. The topological polar surface area (TPSA) is 56.8 Å². The van der Waals surface area contributed by atoms with E-state index in [-0.39, 0.29) is 28.3 Å². The van der Waals surface area contributed by atoms with Crippen LogP contribution in [0.3, 0.4) is 0 Å². The summed E-state index contributed by atoms with van der Waals surface area (Å²) in [7, 11) is 0. The Kier molecular flexibility index (Phi) is 6.67. The van der Waals surface area contributed by atoms with Crippen LogP contribution >= 0.6 is 23.2 Å². The average molecular weight is 542 g/mol. The molecule has 0 aliphatic carbocycles. The monoisotopic (exact) mass is 541 g/mol. The van der Waals surface area contributed by atoms with Crippen LogP contribution in [0.4, 0.5) is 13.6 Å². The van der Waals surface area contributed by atoms with Gasteiger partial charge in [-0.15, -0.1) is 0 Å². The van der Waals surface area contributed by atoms with Crippen molar-refractivity contribution in [3.63, 3.8) is 0 Å². The lowest BCUT2D eigenvalue weighted by Crippen LogP contribution is -2.37. The van der Waals surface area contributed by atoms with Crippen molar-refractivity contribution in [1.82, 2.24) is 5.32 Å². The molecule has 0 fully saturated rings. The normalized spacial score (nSPS) is 16.8. The van der Waals surface area contributed by atoms with Crippen molar-refractivity contribution in [3.05, 3.63) is 123 Å². The van der Waals surface area contributed by atoms with Gasteiger partial charge in [-0.2, -0.15) is 0 Å². The molecule has 1 aliphatic rings. The van der Waals surface area contributed by atoms with Crippen LogP contribution in [-0.2, 0) is 5.79 Å². The number of nitrogens with one attached hydrogen (secondary N) is 1. The van der Waals surface area contributed by atoms with E-state index in [0.29, 0.717) is 16.1 Å². The van der Waals surface area contributed by atoms with E-state index < -0.39 is 23.5 Å². The van der Waals surface area contributed by atoms with E-state index in [2.05, 4.69) is 5.32 Å². The lowest BCUT2D eigenvalue weighted by atomic mass is 9.97. The fraction of sp³-hybridized carbons (Fsp3) is 0.107. The van der Waals surface area contributed by atoms with E-state index in [0.717, 1.165) is 11.6 Å². The predicted octanol–water partition coefficient (Wildman–Crippen LogP) is 7.79. The molecule has 1 aliphatic heterocycles. The maximum absolute atomic E-state index is 15.0. The molecule has 1 amide bonds. The number of amides is 1. The molecular weight excluding hydrogens is 523 g/mol. The molecule has 1 unspecified atom stereocenters. The summed E-state index contributed by atoms with van der Waals surface area (Å²) >= 11 is 12.6. The molecule has 0 bridgehead atoms. The summed E-state index contributed by atoms with van der Waals surface area (Å²) in [4.78, 5) is 12.5. The van der Waals surface area contributed by atoms with Crippen molar-refractivity contribution in [2.75, 3.05) is 0 Å². The van der Waals surface area contributed by atoms with Gasteiger partial charge in [0.05, 0.1) is 16.6 Å². The molecule has 4 aromatic rings. The zero-order valence-electron chi connectivity index (χ0n) is 19.3. The molecule has 4 aromatic carbocycles. The SMILES string of the molecule is C[C@@H](NC(=O)Oc1cc2c(cc1F)OC(c1ccc(F)cc1)(c1ccc(Cl)cc1Cl)O2)c1ccccc1. The van der Waals surface area contributed by atoms with Crippen LogP contribution < -0.4 is 19.5 Å². The molecule has 0 spiro atoms. The molecule has 188 valence electrons. The fourth-order valence-electron chi connectivity index (χ4n) is 4.02. The third-order valence-electron chi connectivity index (χ3n) is 5.85. The second kappa shape index (κ2) is 9.92. The lowest BCUT2D eigenvalue weighted by Gasteiger charge is -2.29. The van der Waals surface area contributed by atoms with Crippen molar-refractivity contribution in [1.29, 1.82) is 0 Å². The van der Waals surface area contributed by atoms with Crippen LogP contribution in [0.2, 0.25) is 10.0 Å². The minimum atomic E-state index is -1.67. The summed E-state index contributed by atoms with van der Waals surface area (Å²) in [6.45, 7) is 1.78. The highest BCUT2D eigenvalue weighted by molar-refractivity contribution is 6.35. The third kappa shape index (κ3) is 4.92. The number of hydrogen-bond donors (Lipinski definition) is 1. The summed E-state index contributed by atoms with van der Waals surface area (Å²) in [6, 6.07) is 21.3. The highest BCUT2D eigenvalue weighted by Crippen LogP contribution is 2.51. The largest absolute Gasteiger partial charge is 0.440 e. The number of fused-ring (bicyclic) bond motifs is 1. The van der Waals surface area contributed by atoms with Crippen molar-refractivity contribution < 1.29 is 27.8 Å². The minimum absolute atomic E-state index is 0.0400. The Balaban J connectivity index is 1.46. The Morgan fingerprint density at radius 1 is 0.919 bits per heavy atom. The van der Waals surface area contributed by atoms with Gasteiger partial charge in [0.15, 0.2) is 23.1 Å². The summed E-state index contributed by atoms with van der Waals surface area (Å²) in [5, 5.41) is 3.26. The summed E-state index contributed by atoms with van der Waals surface area (Å²) in [6.07, 6.45) is -0.848. The third-order valence-corrected chi connectivity index (χ3v) is 6.40. The number of halogens is 4. The minimum Gasteiger partial charge on any atom is -0.440 e. The first kappa shape index (κ1) is 24.9. The molecule has 0 radical (unpaired) electrons. The van der Waals surface area contributed by atoms with Gasteiger partial charge in [-0.25, -0.2) is 13.6 Å². The van der Waals surface area contributed by atoms with Crippen LogP contribution in [0.25, 0.3) is 0 Å². The van der Waals surface area contributed by atoms with E-state index in [1.165, 1.54) is 36.4 Å². The highest BCUT2D eigenvalue weighted by atomic mass is 35.5. The second-order valence-electron chi connectivity index (χ2n) is 8.35. The number of hydrogen-bond acceptors (Lipinski definition) is 4. The van der Waals surface area contributed by atoms with Gasteiger partial charge in [-0.05, 0) is 55.0 Å². The molecule has 5 nitrogen and oxygen atoms in total. The number of rotatable bonds is 5. The highest BCUT2D eigenvalue weighted by Gasteiger charge is 2.47. The fourth-order valence-corrected chi connectivity index (χ4v) is 4.56. The van der Waals surface area contributed by atoms with E-state index >= 15 is 0 Å². The summed E-state index contributed by atoms with van der Waals surface area (Å²) in [5.74, 6) is -3.21. The number of ether oxygens (including phenoxy) is 3. The van der Waals surface area contributed by atoms with Gasteiger partial charge in [0.2, 0.25) is 0 Å². The van der Waals surface area contributed by atoms with Crippen molar-refractivity contribution in [2.45, 2.75) is 18.8 Å². The van der Waals surface area contributed by atoms with Gasteiger partial charge < -0.3 is 19.5 Å². The smallest absolute Gasteiger partial charge is 0.413 e.